The molecule has 0 saturated heterocycles. The van der Waals surface area contributed by atoms with Gasteiger partial charge in [-0.3, -0.25) is 4.79 Å². The van der Waals surface area contributed by atoms with Crippen molar-refractivity contribution in [1.29, 1.82) is 0 Å². The standard InChI is InChI=1S/C18H22N6O4/c1-11(2)27-18(26)28-14-7-5-4-6-12(14)23-24-13-8-9-15(22-17(13)19)21-16(25)10-20-3/h4-9,11,20H,10H2,1-3H3,(H3,19,21,22,25)/b24-23+. The molecule has 2 rings (SSSR count). The molecule has 1 aromatic heterocycles. The molecule has 10 nitrogen and oxygen atoms in total. The normalized spacial score (nSPS) is 10.9. The van der Waals surface area contributed by atoms with Gasteiger partial charge >= 0.3 is 6.16 Å². The summed E-state index contributed by atoms with van der Waals surface area (Å²) in [5.41, 5.74) is 6.48. The molecule has 4 N–H and O–H groups in total. The van der Waals surface area contributed by atoms with Gasteiger partial charge in [0.2, 0.25) is 5.91 Å². The quantitative estimate of drug-likeness (QED) is 0.377. The van der Waals surface area contributed by atoms with E-state index in [1.165, 1.54) is 0 Å². The van der Waals surface area contributed by atoms with Crippen LogP contribution >= 0.6 is 0 Å². The number of carbonyl (C=O) groups excluding carboxylic acids is 2. The predicted octanol–water partition coefficient (Wildman–Crippen LogP) is 3.16. The third kappa shape index (κ3) is 6.32. The Labute approximate surface area is 162 Å². The van der Waals surface area contributed by atoms with Crippen LogP contribution in [0.5, 0.6) is 5.75 Å². The van der Waals surface area contributed by atoms with Gasteiger partial charge in [-0.15, -0.1) is 10.2 Å². The number of carbonyl (C=O) groups is 2. The fourth-order valence-corrected chi connectivity index (χ4v) is 2.01. The second-order valence-corrected chi connectivity index (χ2v) is 5.87. The van der Waals surface area contributed by atoms with Gasteiger partial charge in [0.15, 0.2) is 11.6 Å². The van der Waals surface area contributed by atoms with Crippen LogP contribution < -0.4 is 21.1 Å². The minimum absolute atomic E-state index is 0.0867. The van der Waals surface area contributed by atoms with Gasteiger partial charge in [0.25, 0.3) is 0 Å². The SMILES string of the molecule is CNCC(=O)Nc1ccc(/N=N/c2ccccc2OC(=O)OC(C)C)c(N)n1. The molecule has 1 heterocycles. The summed E-state index contributed by atoms with van der Waals surface area (Å²) < 4.78 is 10.1. The van der Waals surface area contributed by atoms with E-state index in [4.69, 9.17) is 15.2 Å². The molecule has 1 amide bonds. The van der Waals surface area contributed by atoms with E-state index in [0.717, 1.165) is 0 Å². The summed E-state index contributed by atoms with van der Waals surface area (Å²) in [7, 11) is 1.66. The number of ether oxygens (including phenoxy) is 2. The number of benzene rings is 1. The van der Waals surface area contributed by atoms with E-state index in [9.17, 15) is 9.59 Å². The van der Waals surface area contributed by atoms with Crippen LogP contribution in [0, 0.1) is 0 Å². The summed E-state index contributed by atoms with van der Waals surface area (Å²) in [6.45, 7) is 3.58. The van der Waals surface area contributed by atoms with Gasteiger partial charge in [-0.2, -0.15) is 0 Å². The Balaban J connectivity index is 2.13. The van der Waals surface area contributed by atoms with E-state index < -0.39 is 6.16 Å². The summed E-state index contributed by atoms with van der Waals surface area (Å²) in [6, 6.07) is 9.72. The lowest BCUT2D eigenvalue weighted by atomic mass is 10.3. The van der Waals surface area contributed by atoms with E-state index >= 15 is 0 Å². The topological polar surface area (TPSA) is 140 Å². The lowest BCUT2D eigenvalue weighted by Gasteiger charge is -2.09. The predicted molar refractivity (Wildman–Crippen MR) is 104 cm³/mol. The van der Waals surface area contributed by atoms with Gasteiger partial charge in [-0.1, -0.05) is 12.1 Å². The largest absolute Gasteiger partial charge is 0.514 e. The Hall–Kier alpha value is -3.53. The number of likely N-dealkylation sites (N-methyl/N-ethyl adjacent to an activating group) is 1. The van der Waals surface area contributed by atoms with Crippen LogP contribution in [0.1, 0.15) is 13.8 Å². The monoisotopic (exact) mass is 386 g/mol. The molecule has 0 radical (unpaired) electrons. The fourth-order valence-electron chi connectivity index (χ4n) is 2.01. The molecule has 1 aromatic carbocycles. The molecule has 10 heteroatoms. The first-order valence-corrected chi connectivity index (χ1v) is 8.49. The molecule has 0 fully saturated rings. The Morgan fingerprint density at radius 3 is 2.54 bits per heavy atom. The first-order valence-electron chi connectivity index (χ1n) is 8.49. The van der Waals surface area contributed by atoms with Crippen LogP contribution in [0.2, 0.25) is 0 Å². The summed E-state index contributed by atoms with van der Waals surface area (Å²) >= 11 is 0. The number of pyridine rings is 1. The highest BCUT2D eigenvalue weighted by molar-refractivity contribution is 5.91. The molecule has 0 unspecified atom stereocenters. The Morgan fingerprint density at radius 1 is 1.14 bits per heavy atom. The molecular formula is C18H22N6O4. The number of anilines is 2. The molecule has 148 valence electrons. The highest BCUT2D eigenvalue weighted by atomic mass is 16.7. The summed E-state index contributed by atoms with van der Waals surface area (Å²) in [6.07, 6.45) is -1.14. The van der Waals surface area contributed by atoms with Crippen molar-refractivity contribution < 1.29 is 19.1 Å². The second-order valence-electron chi connectivity index (χ2n) is 5.87. The maximum Gasteiger partial charge on any atom is 0.514 e. The van der Waals surface area contributed by atoms with E-state index in [-0.39, 0.29) is 30.1 Å². The summed E-state index contributed by atoms with van der Waals surface area (Å²) in [5.74, 6) is 0.336. The summed E-state index contributed by atoms with van der Waals surface area (Å²) in [4.78, 5) is 27.3. The third-order valence-corrected chi connectivity index (χ3v) is 3.16. The van der Waals surface area contributed by atoms with E-state index in [0.29, 0.717) is 17.2 Å². The number of nitrogens with zero attached hydrogens (tertiary/aromatic N) is 3. The van der Waals surface area contributed by atoms with Crippen molar-refractivity contribution in [2.45, 2.75) is 20.0 Å². The van der Waals surface area contributed by atoms with Crippen molar-refractivity contribution in [2.24, 2.45) is 10.2 Å². The van der Waals surface area contributed by atoms with Gasteiger partial charge in [-0.05, 0) is 45.2 Å². The van der Waals surface area contributed by atoms with Crippen molar-refractivity contribution in [3.63, 3.8) is 0 Å². The van der Waals surface area contributed by atoms with Crippen LogP contribution in [0.4, 0.5) is 27.8 Å². The minimum atomic E-state index is -0.833. The number of amides is 1. The van der Waals surface area contributed by atoms with Crippen LogP contribution in [-0.2, 0) is 9.53 Å². The number of hydrogen-bond donors (Lipinski definition) is 3. The first kappa shape index (κ1) is 20.8. The number of hydrogen-bond acceptors (Lipinski definition) is 9. The van der Waals surface area contributed by atoms with Gasteiger partial charge in [0.05, 0.1) is 12.6 Å². The van der Waals surface area contributed by atoms with E-state index in [1.807, 2.05) is 0 Å². The molecule has 0 bridgehead atoms. The maximum atomic E-state index is 11.7. The number of nitrogen functional groups attached to an aromatic ring is 1. The van der Waals surface area contributed by atoms with Gasteiger partial charge in [0, 0.05) is 0 Å². The molecule has 0 atom stereocenters. The Morgan fingerprint density at radius 2 is 1.86 bits per heavy atom. The minimum Gasteiger partial charge on any atom is -0.431 e. The van der Waals surface area contributed by atoms with Crippen LogP contribution in [0.25, 0.3) is 0 Å². The zero-order chi connectivity index (χ0) is 20.5. The van der Waals surface area contributed by atoms with Crippen molar-refractivity contribution in [3.8, 4) is 5.75 Å². The second kappa shape index (κ2) is 9.97. The first-order chi connectivity index (χ1) is 13.4. The fraction of sp³-hybridized carbons (Fsp3) is 0.278. The van der Waals surface area contributed by atoms with E-state index in [1.54, 1.807) is 57.3 Å². The number of para-hydroxylation sites is 1. The lowest BCUT2D eigenvalue weighted by Crippen LogP contribution is -2.25. The summed E-state index contributed by atoms with van der Waals surface area (Å²) in [5, 5.41) is 13.4. The molecule has 2 aromatic rings. The molecule has 0 aliphatic carbocycles. The molecule has 28 heavy (non-hydrogen) atoms. The molecule has 0 spiro atoms. The van der Waals surface area contributed by atoms with E-state index in [2.05, 4.69) is 25.8 Å². The van der Waals surface area contributed by atoms with Crippen molar-refractivity contribution in [2.75, 3.05) is 24.6 Å². The number of nitrogens with one attached hydrogen (secondary N) is 2. The molecular weight excluding hydrogens is 364 g/mol. The van der Waals surface area contributed by atoms with Crippen molar-refractivity contribution in [3.05, 3.63) is 36.4 Å². The van der Waals surface area contributed by atoms with Crippen LogP contribution in [0.15, 0.2) is 46.6 Å². The highest BCUT2D eigenvalue weighted by Gasteiger charge is 2.12. The number of azo groups is 1. The molecule has 0 aliphatic heterocycles. The highest BCUT2D eigenvalue weighted by Crippen LogP contribution is 2.30. The average molecular weight is 386 g/mol. The zero-order valence-electron chi connectivity index (χ0n) is 15.8. The Bertz CT molecular complexity index is 869. The molecule has 0 saturated carbocycles. The average Bonchev–Trinajstić information content (AvgIpc) is 2.61. The maximum absolute atomic E-state index is 11.7. The van der Waals surface area contributed by atoms with Gasteiger partial charge in [0.1, 0.15) is 17.2 Å². The zero-order valence-corrected chi connectivity index (χ0v) is 15.8. The van der Waals surface area contributed by atoms with Crippen molar-refractivity contribution >= 4 is 35.1 Å². The Kier molecular flexibility index (Phi) is 7.40. The molecule has 0 aliphatic rings. The van der Waals surface area contributed by atoms with Gasteiger partial charge < -0.3 is 25.8 Å². The van der Waals surface area contributed by atoms with Crippen LogP contribution in [-0.4, -0.2) is 36.7 Å². The number of nitrogens with two attached hydrogens (primary N) is 1. The smallest absolute Gasteiger partial charge is 0.431 e. The lowest BCUT2D eigenvalue weighted by molar-refractivity contribution is -0.115. The van der Waals surface area contributed by atoms with Crippen molar-refractivity contribution in [1.82, 2.24) is 10.3 Å². The third-order valence-electron chi connectivity index (χ3n) is 3.16. The number of aromatic nitrogens is 1. The van der Waals surface area contributed by atoms with Crippen LogP contribution in [0.3, 0.4) is 0 Å². The van der Waals surface area contributed by atoms with Gasteiger partial charge in [-0.25, -0.2) is 9.78 Å². The number of rotatable bonds is 7.